The maximum absolute atomic E-state index is 12.4. The van der Waals surface area contributed by atoms with E-state index in [2.05, 4.69) is 0 Å². The van der Waals surface area contributed by atoms with Crippen LogP contribution < -0.4 is 4.74 Å². The lowest BCUT2D eigenvalue weighted by Gasteiger charge is -2.19. The molecule has 134 valence electrons. The average molecular weight is 380 g/mol. The molecule has 1 aromatic carbocycles. The van der Waals surface area contributed by atoms with Gasteiger partial charge in [-0.25, -0.2) is 0 Å². The van der Waals surface area contributed by atoms with E-state index in [1.165, 1.54) is 0 Å². The van der Waals surface area contributed by atoms with Gasteiger partial charge in [0.1, 0.15) is 5.75 Å². The van der Waals surface area contributed by atoms with Gasteiger partial charge in [0.2, 0.25) is 5.91 Å². The molecular weight excluding hydrogens is 358 g/mol. The number of aryl methyl sites for hydroxylation is 2. The van der Waals surface area contributed by atoms with Crippen LogP contribution in [0, 0.1) is 13.8 Å². The second-order valence-corrected chi connectivity index (χ2v) is 7.85. The molecule has 0 saturated carbocycles. The van der Waals surface area contributed by atoms with Gasteiger partial charge in [0.15, 0.2) is 5.78 Å². The first kappa shape index (κ1) is 19.5. The number of Topliss-reactive ketones (excluding diaryl/α,β-unsaturated/α-hetero) is 1. The summed E-state index contributed by atoms with van der Waals surface area (Å²) in [6, 6.07) is 7.21. The third-order valence-corrected chi connectivity index (χ3v) is 5.18. The Hall–Kier alpha value is -1.85. The van der Waals surface area contributed by atoms with Crippen molar-refractivity contribution in [2.45, 2.75) is 33.2 Å². The lowest BCUT2D eigenvalue weighted by atomic mass is 10.1. The number of amides is 1. The smallest absolute Gasteiger partial charge is 0.223 e. The number of rotatable bonds is 7. The van der Waals surface area contributed by atoms with Gasteiger partial charge in [0.25, 0.3) is 0 Å². The highest BCUT2D eigenvalue weighted by Crippen LogP contribution is 2.25. The minimum Gasteiger partial charge on any atom is -0.496 e. The number of hydrogen-bond donors (Lipinski definition) is 0. The number of carbonyl (C=O) groups is 2. The Labute approximate surface area is 157 Å². The van der Waals surface area contributed by atoms with E-state index in [1.54, 1.807) is 48.6 Å². The first-order valence-corrected chi connectivity index (χ1v) is 9.18. The molecule has 0 aliphatic rings. The predicted molar refractivity (Wildman–Crippen MR) is 102 cm³/mol. The van der Waals surface area contributed by atoms with Crippen molar-refractivity contribution in [1.82, 2.24) is 4.90 Å². The zero-order valence-corrected chi connectivity index (χ0v) is 16.5. The number of ether oxygens (including phenoxy) is 1. The first-order valence-electron chi connectivity index (χ1n) is 7.98. The molecule has 0 N–H and O–H groups in total. The summed E-state index contributed by atoms with van der Waals surface area (Å²) >= 11 is 7.62. The molecule has 0 atom stereocenters. The molecular formula is C19H22ClNO3S. The molecule has 0 spiro atoms. The summed E-state index contributed by atoms with van der Waals surface area (Å²) in [5.74, 6) is 0.619. The fraction of sp³-hybridized carbons (Fsp3) is 0.368. The molecule has 1 amide bonds. The normalized spacial score (nSPS) is 10.6. The van der Waals surface area contributed by atoms with Crippen molar-refractivity contribution in [2.24, 2.45) is 0 Å². The van der Waals surface area contributed by atoms with Gasteiger partial charge < -0.3 is 9.64 Å². The van der Waals surface area contributed by atoms with E-state index in [0.29, 0.717) is 17.3 Å². The Kier molecular flexibility index (Phi) is 6.62. The fourth-order valence-electron chi connectivity index (χ4n) is 2.67. The summed E-state index contributed by atoms with van der Waals surface area (Å²) in [6.07, 6.45) is 0.402. The number of methoxy groups -OCH3 is 1. The highest BCUT2D eigenvalue weighted by atomic mass is 35.5. The van der Waals surface area contributed by atoms with Crippen molar-refractivity contribution in [2.75, 3.05) is 14.2 Å². The third-order valence-electron chi connectivity index (χ3n) is 3.98. The van der Waals surface area contributed by atoms with E-state index in [1.807, 2.05) is 19.9 Å². The van der Waals surface area contributed by atoms with E-state index in [9.17, 15) is 9.59 Å². The van der Waals surface area contributed by atoms with Crippen LogP contribution in [0.15, 0.2) is 24.3 Å². The van der Waals surface area contributed by atoms with Gasteiger partial charge >= 0.3 is 0 Å². The van der Waals surface area contributed by atoms with Crippen molar-refractivity contribution in [3.63, 3.8) is 0 Å². The van der Waals surface area contributed by atoms with Gasteiger partial charge in [-0.2, -0.15) is 0 Å². The van der Waals surface area contributed by atoms with Gasteiger partial charge in [-0.1, -0.05) is 11.6 Å². The molecule has 0 saturated heterocycles. The summed E-state index contributed by atoms with van der Waals surface area (Å²) in [6.45, 7) is 4.30. The second kappa shape index (κ2) is 8.50. The van der Waals surface area contributed by atoms with E-state index in [0.717, 1.165) is 20.9 Å². The molecule has 4 nitrogen and oxygen atoms in total. The molecule has 2 rings (SSSR count). The summed E-state index contributed by atoms with van der Waals surface area (Å²) in [5, 5.41) is 0.593. The summed E-state index contributed by atoms with van der Waals surface area (Å²) in [7, 11) is 3.30. The zero-order chi connectivity index (χ0) is 18.6. The van der Waals surface area contributed by atoms with Crippen LogP contribution in [-0.2, 0) is 11.3 Å². The molecule has 2 aromatic rings. The Morgan fingerprint density at radius 3 is 2.52 bits per heavy atom. The number of hydrogen-bond acceptors (Lipinski definition) is 4. The molecule has 0 aliphatic carbocycles. The van der Waals surface area contributed by atoms with Crippen LogP contribution in [0.4, 0.5) is 0 Å². The predicted octanol–water partition coefficient (Wildman–Crippen LogP) is 4.65. The number of halogens is 1. The monoisotopic (exact) mass is 379 g/mol. The van der Waals surface area contributed by atoms with Crippen LogP contribution in [-0.4, -0.2) is 30.7 Å². The summed E-state index contributed by atoms with van der Waals surface area (Å²) in [4.78, 5) is 28.4. The Balaban J connectivity index is 1.95. The topological polar surface area (TPSA) is 46.6 Å². The fourth-order valence-corrected chi connectivity index (χ4v) is 3.81. The number of benzene rings is 1. The van der Waals surface area contributed by atoms with E-state index in [-0.39, 0.29) is 24.5 Å². The van der Waals surface area contributed by atoms with Crippen molar-refractivity contribution < 1.29 is 14.3 Å². The molecule has 6 heteroatoms. The van der Waals surface area contributed by atoms with Gasteiger partial charge in [0.05, 0.1) is 7.11 Å². The van der Waals surface area contributed by atoms with Gasteiger partial charge in [-0.05, 0) is 38.1 Å². The van der Waals surface area contributed by atoms with Crippen LogP contribution in [0.3, 0.4) is 0 Å². The van der Waals surface area contributed by atoms with Gasteiger partial charge in [-0.15, -0.1) is 11.3 Å². The first-order chi connectivity index (χ1) is 11.8. The zero-order valence-electron chi connectivity index (χ0n) is 14.9. The van der Waals surface area contributed by atoms with Crippen molar-refractivity contribution in [3.8, 4) is 5.75 Å². The van der Waals surface area contributed by atoms with Gasteiger partial charge in [-0.3, -0.25) is 9.59 Å². The lowest BCUT2D eigenvalue weighted by molar-refractivity contribution is -0.130. The third kappa shape index (κ3) is 5.06. The Bertz CT molecular complexity index is 785. The minimum absolute atomic E-state index is 0.0175. The number of ketones is 1. The molecule has 0 fully saturated rings. The molecule has 1 heterocycles. The molecule has 25 heavy (non-hydrogen) atoms. The van der Waals surface area contributed by atoms with Gasteiger partial charge in [0, 0.05) is 52.3 Å². The van der Waals surface area contributed by atoms with Crippen molar-refractivity contribution in [1.29, 1.82) is 0 Å². The van der Waals surface area contributed by atoms with Crippen molar-refractivity contribution in [3.05, 3.63) is 50.2 Å². The maximum atomic E-state index is 12.4. The summed E-state index contributed by atoms with van der Waals surface area (Å²) < 4.78 is 5.30. The minimum atomic E-state index is -0.0833. The highest BCUT2D eigenvalue weighted by Gasteiger charge is 2.17. The largest absolute Gasteiger partial charge is 0.496 e. The Morgan fingerprint density at radius 1 is 1.20 bits per heavy atom. The van der Waals surface area contributed by atoms with Crippen LogP contribution in [0.1, 0.15) is 38.5 Å². The van der Waals surface area contributed by atoms with Crippen LogP contribution in [0.2, 0.25) is 5.02 Å². The van der Waals surface area contributed by atoms with E-state index < -0.39 is 0 Å². The number of carbonyl (C=O) groups excluding carboxylic acids is 2. The van der Waals surface area contributed by atoms with Crippen molar-refractivity contribution >= 4 is 34.6 Å². The highest BCUT2D eigenvalue weighted by molar-refractivity contribution is 7.12. The molecule has 1 aromatic heterocycles. The number of nitrogens with zero attached hydrogens (tertiary/aromatic N) is 1. The molecule has 0 aliphatic heterocycles. The SMILES string of the molecule is COc1ccc(Cl)cc1CN(C)C(=O)CCC(=O)c1cc(C)sc1C. The summed E-state index contributed by atoms with van der Waals surface area (Å²) in [5.41, 5.74) is 1.57. The molecule has 0 radical (unpaired) electrons. The van der Waals surface area contributed by atoms with E-state index >= 15 is 0 Å². The number of thiophene rings is 1. The quantitative estimate of drug-likeness (QED) is 0.658. The van der Waals surface area contributed by atoms with Crippen LogP contribution in [0.25, 0.3) is 0 Å². The molecule has 0 bridgehead atoms. The standard InChI is InChI=1S/C19H22ClNO3S/c1-12-9-16(13(2)25-12)17(22)6-8-19(23)21(3)11-14-10-15(20)5-7-18(14)24-4/h5,7,9-10H,6,8,11H2,1-4H3. The Morgan fingerprint density at radius 2 is 1.92 bits per heavy atom. The lowest BCUT2D eigenvalue weighted by Crippen LogP contribution is -2.26. The van der Waals surface area contributed by atoms with E-state index in [4.69, 9.17) is 16.3 Å². The van der Waals surface area contributed by atoms with Crippen LogP contribution >= 0.6 is 22.9 Å². The van der Waals surface area contributed by atoms with Crippen LogP contribution in [0.5, 0.6) is 5.75 Å². The average Bonchev–Trinajstić information content (AvgIpc) is 2.91. The maximum Gasteiger partial charge on any atom is 0.223 e. The second-order valence-electron chi connectivity index (χ2n) is 5.96. The molecule has 0 unspecified atom stereocenters.